The third kappa shape index (κ3) is 5.45. The predicted molar refractivity (Wildman–Crippen MR) is 131 cm³/mol. The molecule has 1 fully saturated rings. The van der Waals surface area contributed by atoms with Crippen molar-refractivity contribution in [3.05, 3.63) is 29.5 Å². The lowest BCUT2D eigenvalue weighted by atomic mass is 9.83. The van der Waals surface area contributed by atoms with Gasteiger partial charge in [-0.3, -0.25) is 9.48 Å². The Kier molecular flexibility index (Phi) is 8.21. The summed E-state index contributed by atoms with van der Waals surface area (Å²) in [5, 5.41) is 11.3. The number of carbonyl (C=O) groups excluding carboxylic acids is 1. The van der Waals surface area contributed by atoms with Crippen molar-refractivity contribution in [2.75, 3.05) is 19.0 Å². The van der Waals surface area contributed by atoms with Crippen molar-refractivity contribution in [2.24, 2.45) is 11.8 Å². The van der Waals surface area contributed by atoms with Crippen LogP contribution in [0.4, 0.5) is 5.69 Å². The molecule has 6 nitrogen and oxygen atoms in total. The second kappa shape index (κ2) is 10.9. The number of anilines is 1. The standard InChI is InChI=1S/C26H40N4O2/c1-7-21-24(26(31)27-16-19-11-9-18(5)10-12-19)29-30(8-2)25(21)22-14-13-20(28-17(3)4)15-23(22)32-6/h13-15,17-19,28H,7-12,16H2,1-6H3,(H,27,31). The summed E-state index contributed by atoms with van der Waals surface area (Å²) in [4.78, 5) is 13.1. The highest BCUT2D eigenvalue weighted by Gasteiger charge is 2.25. The highest BCUT2D eigenvalue weighted by molar-refractivity contribution is 5.96. The van der Waals surface area contributed by atoms with Gasteiger partial charge < -0.3 is 15.4 Å². The molecule has 1 amide bonds. The quantitative estimate of drug-likeness (QED) is 0.539. The van der Waals surface area contributed by atoms with Gasteiger partial charge in [0.2, 0.25) is 0 Å². The molecule has 1 saturated carbocycles. The summed E-state index contributed by atoms with van der Waals surface area (Å²) in [6.45, 7) is 12.1. The van der Waals surface area contributed by atoms with Crippen LogP contribution in [0.3, 0.4) is 0 Å². The predicted octanol–water partition coefficient (Wildman–Crippen LogP) is 5.52. The molecule has 0 atom stereocenters. The number of carbonyl (C=O) groups is 1. The molecule has 3 rings (SSSR count). The van der Waals surface area contributed by atoms with E-state index < -0.39 is 0 Å². The molecule has 2 N–H and O–H groups in total. The van der Waals surface area contributed by atoms with Gasteiger partial charge in [-0.1, -0.05) is 26.7 Å². The van der Waals surface area contributed by atoms with Crippen LogP contribution in [0.15, 0.2) is 18.2 Å². The fourth-order valence-corrected chi connectivity index (χ4v) is 4.71. The first-order chi connectivity index (χ1) is 15.4. The Morgan fingerprint density at radius 3 is 2.53 bits per heavy atom. The molecule has 1 aromatic carbocycles. The zero-order chi connectivity index (χ0) is 23.3. The Labute approximate surface area is 193 Å². The van der Waals surface area contributed by atoms with Gasteiger partial charge in [0.15, 0.2) is 5.69 Å². The fourth-order valence-electron chi connectivity index (χ4n) is 4.71. The second-order valence-corrected chi connectivity index (χ2v) is 9.40. The van der Waals surface area contributed by atoms with Crippen molar-refractivity contribution in [3.63, 3.8) is 0 Å². The maximum absolute atomic E-state index is 13.1. The topological polar surface area (TPSA) is 68.2 Å². The Balaban J connectivity index is 1.88. The molecule has 6 heteroatoms. The van der Waals surface area contributed by atoms with Gasteiger partial charge in [-0.2, -0.15) is 5.10 Å². The van der Waals surface area contributed by atoms with Gasteiger partial charge in [0.25, 0.3) is 5.91 Å². The van der Waals surface area contributed by atoms with Crippen LogP contribution >= 0.6 is 0 Å². The van der Waals surface area contributed by atoms with E-state index in [0.29, 0.717) is 24.2 Å². The smallest absolute Gasteiger partial charge is 0.272 e. The van der Waals surface area contributed by atoms with Crippen molar-refractivity contribution in [1.29, 1.82) is 0 Å². The number of rotatable bonds is 9. The molecule has 2 aromatic rings. The zero-order valence-corrected chi connectivity index (χ0v) is 20.6. The minimum Gasteiger partial charge on any atom is -0.496 e. The van der Waals surface area contributed by atoms with Crippen LogP contribution < -0.4 is 15.4 Å². The van der Waals surface area contributed by atoms with Crippen LogP contribution in [0, 0.1) is 11.8 Å². The summed E-state index contributed by atoms with van der Waals surface area (Å²) < 4.78 is 7.68. The third-order valence-electron chi connectivity index (χ3n) is 6.52. The number of amides is 1. The molecule has 0 radical (unpaired) electrons. The van der Waals surface area contributed by atoms with Crippen LogP contribution in [0.1, 0.15) is 76.4 Å². The number of ether oxygens (including phenoxy) is 1. The third-order valence-corrected chi connectivity index (χ3v) is 6.52. The fraction of sp³-hybridized carbons (Fsp3) is 0.615. The maximum atomic E-state index is 13.1. The van der Waals surface area contributed by atoms with Gasteiger partial charge in [-0.15, -0.1) is 0 Å². The number of nitrogens with zero attached hydrogens (tertiary/aromatic N) is 2. The molecule has 1 aliphatic rings. The van der Waals surface area contributed by atoms with E-state index in [4.69, 9.17) is 9.84 Å². The maximum Gasteiger partial charge on any atom is 0.272 e. The van der Waals surface area contributed by atoms with Crippen LogP contribution in [-0.4, -0.2) is 35.4 Å². The number of hydrogen-bond acceptors (Lipinski definition) is 4. The van der Waals surface area contributed by atoms with Crippen molar-refractivity contribution in [2.45, 2.75) is 79.3 Å². The van der Waals surface area contributed by atoms with Crippen molar-refractivity contribution >= 4 is 11.6 Å². The molecule has 0 saturated heterocycles. The van der Waals surface area contributed by atoms with Gasteiger partial charge in [0, 0.05) is 42.0 Å². The van der Waals surface area contributed by atoms with Gasteiger partial charge in [-0.05, 0) is 64.0 Å². The number of nitrogens with one attached hydrogen (secondary N) is 2. The largest absolute Gasteiger partial charge is 0.496 e. The van der Waals surface area contributed by atoms with E-state index in [1.165, 1.54) is 25.7 Å². The summed E-state index contributed by atoms with van der Waals surface area (Å²) in [6.07, 6.45) is 5.65. The van der Waals surface area contributed by atoms with Gasteiger partial charge in [-0.25, -0.2) is 0 Å². The van der Waals surface area contributed by atoms with E-state index in [0.717, 1.165) is 47.1 Å². The number of aromatic nitrogens is 2. The lowest BCUT2D eigenvalue weighted by Gasteiger charge is -2.26. The number of methoxy groups -OCH3 is 1. The molecule has 176 valence electrons. The minimum atomic E-state index is -0.0639. The van der Waals surface area contributed by atoms with Gasteiger partial charge in [0.05, 0.1) is 12.8 Å². The molecule has 0 unspecified atom stereocenters. The van der Waals surface area contributed by atoms with Crippen LogP contribution in [0.5, 0.6) is 5.75 Å². The monoisotopic (exact) mass is 440 g/mol. The second-order valence-electron chi connectivity index (χ2n) is 9.40. The molecule has 1 aromatic heterocycles. The number of benzene rings is 1. The minimum absolute atomic E-state index is 0.0639. The first kappa shape index (κ1) is 24.1. The highest BCUT2D eigenvalue weighted by atomic mass is 16.5. The van der Waals surface area contributed by atoms with E-state index in [1.54, 1.807) is 7.11 Å². The number of aryl methyl sites for hydroxylation is 1. The molecule has 0 aliphatic heterocycles. The van der Waals surface area contributed by atoms with E-state index >= 15 is 0 Å². The Morgan fingerprint density at radius 1 is 1.22 bits per heavy atom. The lowest BCUT2D eigenvalue weighted by molar-refractivity contribution is 0.0935. The van der Waals surface area contributed by atoms with E-state index in [1.807, 2.05) is 10.7 Å². The van der Waals surface area contributed by atoms with Crippen LogP contribution in [-0.2, 0) is 13.0 Å². The summed E-state index contributed by atoms with van der Waals surface area (Å²) in [7, 11) is 1.69. The van der Waals surface area contributed by atoms with E-state index in [9.17, 15) is 4.79 Å². The summed E-state index contributed by atoms with van der Waals surface area (Å²) >= 11 is 0. The van der Waals surface area contributed by atoms with Gasteiger partial charge >= 0.3 is 0 Å². The molecule has 1 heterocycles. The number of hydrogen-bond donors (Lipinski definition) is 2. The first-order valence-electron chi connectivity index (χ1n) is 12.2. The molecule has 32 heavy (non-hydrogen) atoms. The average Bonchev–Trinajstić information content (AvgIpc) is 3.16. The SMILES string of the molecule is CCc1c(C(=O)NCC2CCC(C)CC2)nn(CC)c1-c1ccc(NC(C)C)cc1OC. The summed E-state index contributed by atoms with van der Waals surface area (Å²) in [5.74, 6) is 2.11. The van der Waals surface area contributed by atoms with Crippen LogP contribution in [0.2, 0.25) is 0 Å². The van der Waals surface area contributed by atoms with Gasteiger partial charge in [0.1, 0.15) is 5.75 Å². The molecular formula is C26H40N4O2. The Morgan fingerprint density at radius 2 is 1.94 bits per heavy atom. The highest BCUT2D eigenvalue weighted by Crippen LogP contribution is 2.36. The lowest BCUT2D eigenvalue weighted by Crippen LogP contribution is -2.31. The Bertz CT molecular complexity index is 911. The van der Waals surface area contributed by atoms with E-state index in [-0.39, 0.29) is 5.91 Å². The van der Waals surface area contributed by atoms with Crippen molar-refractivity contribution in [1.82, 2.24) is 15.1 Å². The molecule has 1 aliphatic carbocycles. The first-order valence-corrected chi connectivity index (χ1v) is 12.2. The molecule has 0 bridgehead atoms. The molecule has 0 spiro atoms. The average molecular weight is 441 g/mol. The van der Waals surface area contributed by atoms with E-state index in [2.05, 4.69) is 57.4 Å². The molecular weight excluding hydrogens is 400 g/mol. The van der Waals surface area contributed by atoms with Crippen LogP contribution in [0.25, 0.3) is 11.3 Å². The summed E-state index contributed by atoms with van der Waals surface area (Å²) in [5.41, 5.74) is 4.47. The summed E-state index contributed by atoms with van der Waals surface area (Å²) in [6, 6.07) is 6.48. The normalized spacial score (nSPS) is 18.6. The Hall–Kier alpha value is -2.50. The van der Waals surface area contributed by atoms with Crippen molar-refractivity contribution in [3.8, 4) is 17.0 Å². The van der Waals surface area contributed by atoms with Crippen molar-refractivity contribution < 1.29 is 9.53 Å². The zero-order valence-electron chi connectivity index (χ0n) is 20.6.